The summed E-state index contributed by atoms with van der Waals surface area (Å²) < 4.78 is 0. The molecule has 0 aromatic heterocycles. The Morgan fingerprint density at radius 2 is 1.53 bits per heavy atom. The van der Waals surface area contributed by atoms with Gasteiger partial charge in [0, 0.05) is 12.5 Å². The predicted molar refractivity (Wildman–Crippen MR) is 80.5 cm³/mol. The number of nitrogens with zero attached hydrogens (tertiary/aromatic N) is 2. The van der Waals surface area contributed by atoms with Crippen LogP contribution in [0.3, 0.4) is 0 Å². The Balaban J connectivity index is 3.85. The van der Waals surface area contributed by atoms with Crippen molar-refractivity contribution >= 4 is 17.2 Å². The molecule has 17 heavy (non-hydrogen) atoms. The summed E-state index contributed by atoms with van der Waals surface area (Å²) in [6.07, 6.45) is 1.22. The van der Waals surface area contributed by atoms with E-state index in [0.717, 1.165) is 32.7 Å². The molecule has 0 saturated heterocycles. The monoisotopic (exact) mass is 259 g/mol. The molecule has 1 atom stereocenters. The third kappa shape index (κ3) is 7.68. The quantitative estimate of drug-likeness (QED) is 0.608. The molecule has 0 saturated carbocycles. The van der Waals surface area contributed by atoms with Crippen molar-refractivity contribution in [3.05, 3.63) is 0 Å². The zero-order valence-electron chi connectivity index (χ0n) is 11.9. The second-order valence-electron chi connectivity index (χ2n) is 4.58. The Bertz CT molecular complexity index is 205. The van der Waals surface area contributed by atoms with Gasteiger partial charge in [-0.3, -0.25) is 0 Å². The highest BCUT2D eigenvalue weighted by atomic mass is 32.1. The second-order valence-corrected chi connectivity index (χ2v) is 5.05. The Kier molecular flexibility index (Phi) is 9.69. The summed E-state index contributed by atoms with van der Waals surface area (Å²) >= 11 is 5.02. The van der Waals surface area contributed by atoms with Crippen LogP contribution in [-0.4, -0.2) is 54.1 Å². The first-order valence-electron chi connectivity index (χ1n) is 6.79. The van der Waals surface area contributed by atoms with Gasteiger partial charge in [0.05, 0.1) is 4.99 Å². The van der Waals surface area contributed by atoms with Crippen LogP contribution in [-0.2, 0) is 0 Å². The Morgan fingerprint density at radius 3 is 1.94 bits per heavy atom. The summed E-state index contributed by atoms with van der Waals surface area (Å²) in [4.78, 5) is 5.53. The Labute approximate surface area is 112 Å². The molecule has 0 radical (unpaired) electrons. The molecule has 4 heteroatoms. The smallest absolute Gasteiger partial charge is 0.0768 e. The van der Waals surface area contributed by atoms with E-state index in [1.807, 2.05) is 0 Å². The van der Waals surface area contributed by atoms with Crippen LogP contribution < -0.4 is 5.73 Å². The van der Waals surface area contributed by atoms with Crippen molar-refractivity contribution in [1.82, 2.24) is 9.80 Å². The average molecular weight is 259 g/mol. The summed E-state index contributed by atoms with van der Waals surface area (Å²) in [6, 6.07) is 0. The summed E-state index contributed by atoms with van der Waals surface area (Å²) in [5.74, 6) is 0.318. The van der Waals surface area contributed by atoms with Gasteiger partial charge in [0.2, 0.25) is 0 Å². The lowest BCUT2D eigenvalue weighted by atomic mass is 10.1. The van der Waals surface area contributed by atoms with Crippen LogP contribution in [0, 0.1) is 5.92 Å². The summed E-state index contributed by atoms with van der Waals surface area (Å²) in [5.41, 5.74) is 5.66. The van der Waals surface area contributed by atoms with Crippen molar-refractivity contribution in [3.8, 4) is 0 Å². The van der Waals surface area contributed by atoms with Gasteiger partial charge in [0.15, 0.2) is 0 Å². The minimum Gasteiger partial charge on any atom is -0.393 e. The zero-order valence-corrected chi connectivity index (χ0v) is 12.7. The molecule has 3 nitrogen and oxygen atoms in total. The van der Waals surface area contributed by atoms with Gasteiger partial charge in [-0.1, -0.05) is 39.9 Å². The Morgan fingerprint density at radius 1 is 1.06 bits per heavy atom. The highest BCUT2D eigenvalue weighted by Crippen LogP contribution is 2.02. The predicted octanol–water partition coefficient (Wildman–Crippen LogP) is 1.96. The average Bonchev–Trinajstić information content (AvgIpc) is 2.32. The first-order chi connectivity index (χ1) is 8.04. The molecular weight excluding hydrogens is 230 g/mol. The Hall–Kier alpha value is -0.190. The number of thiocarbonyl (C=S) groups is 1. The molecule has 0 heterocycles. The minimum atomic E-state index is 0.318. The van der Waals surface area contributed by atoms with Crippen LogP contribution >= 0.6 is 12.2 Å². The maximum Gasteiger partial charge on any atom is 0.0768 e. The van der Waals surface area contributed by atoms with E-state index in [4.69, 9.17) is 18.0 Å². The van der Waals surface area contributed by atoms with Gasteiger partial charge in [-0.25, -0.2) is 0 Å². The van der Waals surface area contributed by atoms with Crippen molar-refractivity contribution < 1.29 is 0 Å². The van der Waals surface area contributed by atoms with Crippen molar-refractivity contribution in [2.24, 2.45) is 11.7 Å². The molecular formula is C13H29N3S. The van der Waals surface area contributed by atoms with Crippen LogP contribution in [0.5, 0.6) is 0 Å². The molecule has 0 spiro atoms. The van der Waals surface area contributed by atoms with Gasteiger partial charge in [0.1, 0.15) is 0 Å². The van der Waals surface area contributed by atoms with E-state index in [-0.39, 0.29) is 0 Å². The lowest BCUT2D eigenvalue weighted by molar-refractivity contribution is 0.235. The third-order valence-electron chi connectivity index (χ3n) is 3.31. The van der Waals surface area contributed by atoms with Gasteiger partial charge < -0.3 is 15.5 Å². The normalized spacial score (nSPS) is 13.3. The van der Waals surface area contributed by atoms with Crippen molar-refractivity contribution in [2.45, 2.75) is 34.1 Å². The van der Waals surface area contributed by atoms with E-state index in [2.05, 4.69) is 37.5 Å². The van der Waals surface area contributed by atoms with E-state index < -0.39 is 0 Å². The number of rotatable bonds is 10. The topological polar surface area (TPSA) is 32.5 Å². The van der Waals surface area contributed by atoms with Gasteiger partial charge in [-0.05, 0) is 39.1 Å². The zero-order chi connectivity index (χ0) is 13.3. The lowest BCUT2D eigenvalue weighted by Crippen LogP contribution is -2.36. The molecule has 0 aliphatic rings. The van der Waals surface area contributed by atoms with Crippen molar-refractivity contribution in [3.63, 3.8) is 0 Å². The summed E-state index contributed by atoms with van der Waals surface area (Å²) in [5, 5.41) is 0. The third-order valence-corrected chi connectivity index (χ3v) is 3.71. The minimum absolute atomic E-state index is 0.318. The number of hydrogen-bond donors (Lipinski definition) is 1. The molecule has 0 aliphatic carbocycles. The maximum atomic E-state index is 5.66. The van der Waals surface area contributed by atoms with Crippen molar-refractivity contribution in [1.29, 1.82) is 0 Å². The molecule has 1 unspecified atom stereocenters. The molecule has 0 amide bonds. The number of hydrogen-bond acceptors (Lipinski definition) is 3. The molecule has 0 fully saturated rings. The van der Waals surface area contributed by atoms with Gasteiger partial charge in [0.25, 0.3) is 0 Å². The van der Waals surface area contributed by atoms with E-state index in [1.165, 1.54) is 13.0 Å². The van der Waals surface area contributed by atoms with E-state index in [0.29, 0.717) is 10.9 Å². The van der Waals surface area contributed by atoms with Crippen LogP contribution in [0.1, 0.15) is 34.1 Å². The standard InChI is InChI=1S/C13H29N3S/c1-5-15(6-2)9-8-10-16(7-3)11-12(4)13(14)17/h12H,5-11H2,1-4H3,(H2,14,17). The summed E-state index contributed by atoms with van der Waals surface area (Å²) in [7, 11) is 0. The highest BCUT2D eigenvalue weighted by molar-refractivity contribution is 7.80. The van der Waals surface area contributed by atoms with Gasteiger partial charge in [-0.15, -0.1) is 0 Å². The molecule has 0 bridgehead atoms. The highest BCUT2D eigenvalue weighted by Gasteiger charge is 2.10. The van der Waals surface area contributed by atoms with Gasteiger partial charge in [-0.2, -0.15) is 0 Å². The van der Waals surface area contributed by atoms with Crippen LogP contribution in [0.4, 0.5) is 0 Å². The SMILES string of the molecule is CCN(CC)CCCN(CC)CC(C)C(N)=S. The second kappa shape index (κ2) is 9.80. The van der Waals surface area contributed by atoms with Crippen molar-refractivity contribution in [2.75, 3.05) is 39.3 Å². The molecule has 102 valence electrons. The fraction of sp³-hybridized carbons (Fsp3) is 0.923. The first kappa shape index (κ1) is 16.8. The van der Waals surface area contributed by atoms with Crippen LogP contribution in [0.25, 0.3) is 0 Å². The van der Waals surface area contributed by atoms with E-state index in [9.17, 15) is 0 Å². The lowest BCUT2D eigenvalue weighted by Gasteiger charge is -2.25. The fourth-order valence-electron chi connectivity index (χ4n) is 1.91. The molecule has 0 rings (SSSR count). The maximum absolute atomic E-state index is 5.66. The first-order valence-corrected chi connectivity index (χ1v) is 7.19. The van der Waals surface area contributed by atoms with Crippen LogP contribution in [0.2, 0.25) is 0 Å². The molecule has 0 aromatic carbocycles. The summed E-state index contributed by atoms with van der Waals surface area (Å²) in [6.45, 7) is 15.4. The van der Waals surface area contributed by atoms with E-state index in [1.54, 1.807) is 0 Å². The van der Waals surface area contributed by atoms with Crippen LogP contribution in [0.15, 0.2) is 0 Å². The molecule has 2 N–H and O–H groups in total. The largest absolute Gasteiger partial charge is 0.393 e. The molecule has 0 aromatic rings. The van der Waals surface area contributed by atoms with Gasteiger partial charge >= 0.3 is 0 Å². The fourth-order valence-corrected chi connectivity index (χ4v) is 1.99. The molecule has 0 aliphatic heterocycles. The van der Waals surface area contributed by atoms with E-state index >= 15 is 0 Å². The number of nitrogens with two attached hydrogens (primary N) is 1.